The molecule has 39 heavy (non-hydrogen) atoms. The van der Waals surface area contributed by atoms with Gasteiger partial charge < -0.3 is 19.9 Å². The second-order valence-electron chi connectivity index (χ2n) is 9.27. The number of carbonyl (C=O) groups excluding carboxylic acids is 2. The molecule has 1 aliphatic rings. The van der Waals surface area contributed by atoms with Crippen LogP contribution in [0.2, 0.25) is 0 Å². The van der Waals surface area contributed by atoms with Crippen molar-refractivity contribution in [1.82, 2.24) is 20.0 Å². The van der Waals surface area contributed by atoms with Crippen molar-refractivity contribution in [3.8, 4) is 0 Å². The molecule has 1 aliphatic heterocycles. The van der Waals surface area contributed by atoms with Gasteiger partial charge in [0, 0.05) is 50.8 Å². The Kier molecular flexibility index (Phi) is 9.15. The number of ether oxygens (including phenoxy) is 1. The van der Waals surface area contributed by atoms with Crippen LogP contribution in [0, 0.1) is 0 Å². The van der Waals surface area contributed by atoms with Crippen LogP contribution < -0.4 is 19.8 Å². The number of hydrogen-bond acceptors (Lipinski definition) is 10. The highest BCUT2D eigenvalue weighted by Gasteiger charge is 2.29. The molecule has 1 fully saturated rings. The minimum atomic E-state index is -4.01. The average molecular weight is 573 g/mol. The predicted molar refractivity (Wildman–Crippen MR) is 150 cm³/mol. The number of piperazine rings is 1. The first kappa shape index (κ1) is 28.5. The normalized spacial score (nSPS) is 14.8. The lowest BCUT2D eigenvalue weighted by molar-refractivity contribution is -0.142. The van der Waals surface area contributed by atoms with Gasteiger partial charge in [0.1, 0.15) is 10.9 Å². The molecule has 1 unspecified atom stereocenters. The lowest BCUT2D eigenvalue weighted by Gasteiger charge is -2.35. The third-order valence-electron chi connectivity index (χ3n) is 6.28. The zero-order valence-corrected chi connectivity index (χ0v) is 23.7. The fourth-order valence-electron chi connectivity index (χ4n) is 4.17. The summed E-state index contributed by atoms with van der Waals surface area (Å²) in [6, 6.07) is 10.3. The number of amides is 1. The quantitative estimate of drug-likeness (QED) is 0.351. The number of anilines is 2. The second-order valence-corrected chi connectivity index (χ2v) is 12.0. The summed E-state index contributed by atoms with van der Waals surface area (Å²) in [5.41, 5.74) is 1.78. The van der Waals surface area contributed by atoms with Crippen LogP contribution in [0.1, 0.15) is 35.1 Å². The molecular weight excluding hydrogens is 540 g/mol. The lowest BCUT2D eigenvalue weighted by Crippen LogP contribution is -2.48. The number of methoxy groups -OCH3 is 1. The molecule has 0 bridgehead atoms. The monoisotopic (exact) mass is 572 g/mol. The lowest BCUT2D eigenvalue weighted by atomic mass is 10.1. The number of sulfonamides is 1. The summed E-state index contributed by atoms with van der Waals surface area (Å²) < 4.78 is 32.6. The van der Waals surface area contributed by atoms with E-state index < -0.39 is 27.9 Å². The number of esters is 1. The van der Waals surface area contributed by atoms with E-state index in [1.807, 2.05) is 26.0 Å². The summed E-state index contributed by atoms with van der Waals surface area (Å²) in [6.07, 6.45) is 3.55. The third-order valence-corrected chi connectivity index (χ3v) is 8.89. The highest BCUT2D eigenvalue weighted by molar-refractivity contribution is 7.89. The van der Waals surface area contributed by atoms with E-state index in [0.29, 0.717) is 10.6 Å². The molecule has 2 aromatic heterocycles. The molecule has 3 aromatic rings. The van der Waals surface area contributed by atoms with Crippen molar-refractivity contribution in [3.05, 3.63) is 65.4 Å². The zero-order chi connectivity index (χ0) is 28.0. The SMILES string of the molecule is COC(=O)C(CNC(=O)c1sc(N2CCN(c3ccncc3)CC2)nc1C(C)C)NS(=O)(=O)c1ccccc1. The number of benzene rings is 1. The first-order valence-corrected chi connectivity index (χ1v) is 14.8. The van der Waals surface area contributed by atoms with Crippen LogP contribution in [0.25, 0.3) is 0 Å². The third kappa shape index (κ3) is 6.91. The summed E-state index contributed by atoms with van der Waals surface area (Å²) in [5.74, 6) is -1.25. The highest BCUT2D eigenvalue weighted by atomic mass is 32.2. The first-order valence-electron chi connectivity index (χ1n) is 12.5. The van der Waals surface area contributed by atoms with Gasteiger partial charge in [0.05, 0.1) is 17.7 Å². The van der Waals surface area contributed by atoms with Crippen LogP contribution in [-0.2, 0) is 19.6 Å². The molecule has 1 saturated heterocycles. The van der Waals surface area contributed by atoms with Crippen molar-refractivity contribution < 1.29 is 22.7 Å². The Morgan fingerprint density at radius 2 is 1.67 bits per heavy atom. The maximum atomic E-state index is 13.3. The Bertz CT molecular complexity index is 1370. The average Bonchev–Trinajstić information content (AvgIpc) is 3.42. The van der Waals surface area contributed by atoms with E-state index in [1.54, 1.807) is 30.6 Å². The molecule has 0 aliphatic carbocycles. The van der Waals surface area contributed by atoms with Gasteiger partial charge in [0.15, 0.2) is 5.13 Å². The molecule has 1 aromatic carbocycles. The minimum absolute atomic E-state index is 0.00319. The van der Waals surface area contributed by atoms with Gasteiger partial charge in [-0.15, -0.1) is 0 Å². The Balaban J connectivity index is 1.44. The molecule has 2 N–H and O–H groups in total. The van der Waals surface area contributed by atoms with Crippen LogP contribution >= 0.6 is 11.3 Å². The van der Waals surface area contributed by atoms with Crippen LogP contribution in [0.15, 0.2) is 59.8 Å². The number of nitrogens with zero attached hydrogens (tertiary/aromatic N) is 4. The molecule has 208 valence electrons. The van der Waals surface area contributed by atoms with Gasteiger partial charge in [-0.05, 0) is 30.2 Å². The summed E-state index contributed by atoms with van der Waals surface area (Å²) in [5, 5.41) is 3.46. The van der Waals surface area contributed by atoms with Crippen LogP contribution in [0.4, 0.5) is 10.8 Å². The van der Waals surface area contributed by atoms with Crippen LogP contribution in [-0.4, -0.2) is 76.1 Å². The van der Waals surface area contributed by atoms with E-state index >= 15 is 0 Å². The maximum Gasteiger partial charge on any atom is 0.325 e. The number of rotatable bonds is 10. The summed E-state index contributed by atoms with van der Waals surface area (Å²) >= 11 is 1.29. The molecular formula is C26H32N6O5S2. The van der Waals surface area contributed by atoms with E-state index in [1.165, 1.54) is 23.5 Å². The van der Waals surface area contributed by atoms with Gasteiger partial charge in [-0.25, -0.2) is 13.4 Å². The van der Waals surface area contributed by atoms with E-state index in [4.69, 9.17) is 9.72 Å². The van der Waals surface area contributed by atoms with Crippen molar-refractivity contribution in [2.75, 3.05) is 49.6 Å². The highest BCUT2D eigenvalue weighted by Crippen LogP contribution is 2.32. The van der Waals surface area contributed by atoms with Gasteiger partial charge in [-0.3, -0.25) is 14.6 Å². The van der Waals surface area contributed by atoms with E-state index in [2.05, 4.69) is 24.8 Å². The molecule has 3 heterocycles. The smallest absolute Gasteiger partial charge is 0.325 e. The second kappa shape index (κ2) is 12.5. The van der Waals surface area contributed by atoms with Gasteiger partial charge in [-0.1, -0.05) is 43.4 Å². The van der Waals surface area contributed by atoms with Crippen molar-refractivity contribution >= 4 is 44.1 Å². The van der Waals surface area contributed by atoms with Crippen molar-refractivity contribution in [1.29, 1.82) is 0 Å². The van der Waals surface area contributed by atoms with Gasteiger partial charge in [-0.2, -0.15) is 4.72 Å². The maximum absolute atomic E-state index is 13.3. The Morgan fingerprint density at radius 3 is 2.28 bits per heavy atom. The summed E-state index contributed by atoms with van der Waals surface area (Å²) in [4.78, 5) is 39.4. The van der Waals surface area contributed by atoms with Crippen LogP contribution in [0.5, 0.6) is 0 Å². The largest absolute Gasteiger partial charge is 0.468 e. The van der Waals surface area contributed by atoms with Crippen LogP contribution in [0.3, 0.4) is 0 Å². The molecule has 0 saturated carbocycles. The van der Waals surface area contributed by atoms with Gasteiger partial charge in [0.2, 0.25) is 10.0 Å². The summed E-state index contributed by atoms with van der Waals surface area (Å²) in [6.45, 7) is 6.76. The molecule has 4 rings (SSSR count). The van der Waals surface area contributed by atoms with Crippen molar-refractivity contribution in [2.24, 2.45) is 0 Å². The number of nitrogens with one attached hydrogen (secondary N) is 2. The predicted octanol–water partition coefficient (Wildman–Crippen LogP) is 2.24. The first-order chi connectivity index (χ1) is 18.7. The molecule has 0 radical (unpaired) electrons. The Hall–Kier alpha value is -3.55. The summed E-state index contributed by atoms with van der Waals surface area (Å²) in [7, 11) is -2.85. The zero-order valence-electron chi connectivity index (χ0n) is 22.0. The molecule has 1 atom stereocenters. The fourth-order valence-corrected chi connectivity index (χ4v) is 6.56. The van der Waals surface area contributed by atoms with Gasteiger partial charge in [0.25, 0.3) is 5.91 Å². The number of aromatic nitrogens is 2. The standard InChI is InChI=1S/C26H32N6O5S2/c1-18(2)22-23(38-26(29-22)32-15-13-31(14-16-32)19-9-11-27-12-10-19)24(33)28-17-21(25(34)37-3)30-39(35,36)20-7-5-4-6-8-20/h4-12,18,21,30H,13-17H2,1-3H3,(H,28,33). The van der Waals surface area contributed by atoms with Crippen molar-refractivity contribution in [3.63, 3.8) is 0 Å². The Labute approximate surface area is 232 Å². The molecule has 11 nitrogen and oxygen atoms in total. The topological polar surface area (TPSA) is 134 Å². The molecule has 1 amide bonds. The number of carbonyl (C=O) groups is 2. The number of thiazole rings is 1. The van der Waals surface area contributed by atoms with Gasteiger partial charge >= 0.3 is 5.97 Å². The number of pyridine rings is 1. The molecule has 0 spiro atoms. The van der Waals surface area contributed by atoms with E-state index in [-0.39, 0.29) is 17.4 Å². The van der Waals surface area contributed by atoms with E-state index in [9.17, 15) is 18.0 Å². The number of hydrogen-bond donors (Lipinski definition) is 2. The molecule has 13 heteroatoms. The van der Waals surface area contributed by atoms with E-state index in [0.717, 1.165) is 44.1 Å². The Morgan fingerprint density at radius 1 is 1.03 bits per heavy atom. The minimum Gasteiger partial charge on any atom is -0.468 e. The fraction of sp³-hybridized carbons (Fsp3) is 0.385. The van der Waals surface area contributed by atoms with Crippen molar-refractivity contribution in [2.45, 2.75) is 30.7 Å².